The summed E-state index contributed by atoms with van der Waals surface area (Å²) in [6, 6.07) is 9.95. The molecule has 0 radical (unpaired) electrons. The Balaban J connectivity index is 2.37. The van der Waals surface area contributed by atoms with Crippen LogP contribution in [0.1, 0.15) is 31.1 Å². The Labute approximate surface area is 129 Å². The monoisotopic (exact) mass is 300 g/mol. The van der Waals surface area contributed by atoms with E-state index in [0.717, 1.165) is 10.8 Å². The highest BCUT2D eigenvalue weighted by molar-refractivity contribution is 6.05. The van der Waals surface area contributed by atoms with Crippen molar-refractivity contribution in [3.05, 3.63) is 42.0 Å². The fraction of sp³-hybridized carbons (Fsp3) is 0.294. The summed E-state index contributed by atoms with van der Waals surface area (Å²) in [4.78, 5) is 23.8. The lowest BCUT2D eigenvalue weighted by Gasteiger charge is -2.28. The number of carbonyl (C=O) groups excluding carboxylic acids is 1. The average molecular weight is 300 g/mol. The van der Waals surface area contributed by atoms with E-state index >= 15 is 0 Å². The largest absolute Gasteiger partial charge is 0.480 e. The molecule has 2 rings (SSSR count). The first-order valence-electron chi connectivity index (χ1n) is 7.02. The van der Waals surface area contributed by atoms with E-state index in [1.165, 1.54) is 0 Å². The number of nitrogens with two attached hydrogens (primary N) is 1. The zero-order valence-electron chi connectivity index (χ0n) is 12.9. The summed E-state index contributed by atoms with van der Waals surface area (Å²) in [5.74, 6) is -1.55. The number of rotatable bonds is 3. The maximum absolute atomic E-state index is 12.4. The summed E-state index contributed by atoms with van der Waals surface area (Å²) in [6.07, 6.45) is 0. The molecule has 0 bridgehead atoms. The van der Waals surface area contributed by atoms with Gasteiger partial charge in [-0.1, -0.05) is 45.0 Å². The van der Waals surface area contributed by atoms with E-state index in [2.05, 4.69) is 5.32 Å². The number of benzene rings is 2. The molecule has 0 aliphatic carbocycles. The van der Waals surface area contributed by atoms with Crippen LogP contribution in [0.15, 0.2) is 36.4 Å². The summed E-state index contributed by atoms with van der Waals surface area (Å²) in [5.41, 5.74) is 5.95. The van der Waals surface area contributed by atoms with Crippen molar-refractivity contribution >= 4 is 28.3 Å². The molecule has 0 saturated heterocycles. The molecular formula is C17H20N2O3. The third kappa shape index (κ3) is 3.19. The van der Waals surface area contributed by atoms with Crippen molar-refractivity contribution in [3.8, 4) is 0 Å². The molecule has 5 nitrogen and oxygen atoms in total. The van der Waals surface area contributed by atoms with E-state index in [1.807, 2.05) is 24.3 Å². The standard InChI is InChI=1S/C17H20N2O3/c1-17(2,3)14(16(21)22)19-15(20)12-8-10-6-4-5-7-11(10)9-13(12)18/h4-9,14H,18H2,1-3H3,(H,19,20)(H,21,22)/t14-/m1/s1. The zero-order valence-corrected chi connectivity index (χ0v) is 12.9. The van der Waals surface area contributed by atoms with Crippen molar-refractivity contribution < 1.29 is 14.7 Å². The number of amides is 1. The molecule has 0 saturated carbocycles. The average Bonchev–Trinajstić information content (AvgIpc) is 2.42. The second-order valence-corrected chi connectivity index (χ2v) is 6.40. The topological polar surface area (TPSA) is 92.4 Å². The minimum atomic E-state index is -1.07. The summed E-state index contributed by atoms with van der Waals surface area (Å²) >= 11 is 0. The summed E-state index contributed by atoms with van der Waals surface area (Å²) in [7, 11) is 0. The maximum Gasteiger partial charge on any atom is 0.326 e. The van der Waals surface area contributed by atoms with Crippen LogP contribution in [0.4, 0.5) is 5.69 Å². The lowest BCUT2D eigenvalue weighted by molar-refractivity contribution is -0.142. The third-order valence-electron chi connectivity index (χ3n) is 3.55. The van der Waals surface area contributed by atoms with Gasteiger partial charge < -0.3 is 16.2 Å². The van der Waals surface area contributed by atoms with Crippen LogP contribution in [-0.2, 0) is 4.79 Å². The number of anilines is 1. The molecule has 0 aromatic heterocycles. The molecule has 2 aromatic rings. The zero-order chi connectivity index (χ0) is 16.5. The summed E-state index contributed by atoms with van der Waals surface area (Å²) in [6.45, 7) is 5.28. The van der Waals surface area contributed by atoms with Gasteiger partial charge in [0, 0.05) is 5.69 Å². The van der Waals surface area contributed by atoms with Gasteiger partial charge in [0.1, 0.15) is 6.04 Å². The lowest BCUT2D eigenvalue weighted by atomic mass is 9.86. The first-order valence-corrected chi connectivity index (χ1v) is 7.02. The van der Waals surface area contributed by atoms with E-state index in [1.54, 1.807) is 32.9 Å². The Morgan fingerprint density at radius 2 is 1.68 bits per heavy atom. The van der Waals surface area contributed by atoms with E-state index in [9.17, 15) is 14.7 Å². The van der Waals surface area contributed by atoms with Gasteiger partial charge >= 0.3 is 5.97 Å². The van der Waals surface area contributed by atoms with Crippen molar-refractivity contribution in [2.45, 2.75) is 26.8 Å². The van der Waals surface area contributed by atoms with E-state index in [4.69, 9.17) is 5.73 Å². The van der Waals surface area contributed by atoms with Crippen LogP contribution in [-0.4, -0.2) is 23.0 Å². The Kier molecular flexibility index (Phi) is 4.08. The van der Waals surface area contributed by atoms with Gasteiger partial charge in [0.2, 0.25) is 0 Å². The predicted molar refractivity (Wildman–Crippen MR) is 86.7 cm³/mol. The number of fused-ring (bicyclic) bond motifs is 1. The van der Waals surface area contributed by atoms with Crippen molar-refractivity contribution in [1.29, 1.82) is 0 Å². The number of hydrogen-bond donors (Lipinski definition) is 3. The van der Waals surface area contributed by atoms with Gasteiger partial charge in [-0.05, 0) is 28.3 Å². The Morgan fingerprint density at radius 3 is 2.18 bits per heavy atom. The highest BCUT2D eigenvalue weighted by atomic mass is 16.4. The third-order valence-corrected chi connectivity index (χ3v) is 3.55. The number of nitrogens with one attached hydrogen (secondary N) is 1. The second kappa shape index (κ2) is 5.67. The minimum Gasteiger partial charge on any atom is -0.480 e. The van der Waals surface area contributed by atoms with E-state index in [0.29, 0.717) is 5.69 Å². The number of carboxylic acids is 1. The van der Waals surface area contributed by atoms with Crippen LogP contribution in [0, 0.1) is 5.41 Å². The van der Waals surface area contributed by atoms with Gasteiger partial charge in [0.15, 0.2) is 0 Å². The normalized spacial score (nSPS) is 12.9. The van der Waals surface area contributed by atoms with Gasteiger partial charge in [0.25, 0.3) is 5.91 Å². The van der Waals surface area contributed by atoms with Gasteiger partial charge in [-0.3, -0.25) is 4.79 Å². The molecule has 116 valence electrons. The lowest BCUT2D eigenvalue weighted by Crippen LogP contribution is -2.49. The molecule has 0 fully saturated rings. The molecule has 0 spiro atoms. The molecule has 1 amide bonds. The quantitative estimate of drug-likeness (QED) is 0.760. The Morgan fingerprint density at radius 1 is 1.14 bits per heavy atom. The smallest absolute Gasteiger partial charge is 0.326 e. The van der Waals surface area contributed by atoms with Crippen LogP contribution in [0.3, 0.4) is 0 Å². The van der Waals surface area contributed by atoms with Gasteiger partial charge in [0.05, 0.1) is 5.56 Å². The SMILES string of the molecule is CC(C)(C)[C@H](NC(=O)c1cc2ccccc2cc1N)C(=O)O. The first kappa shape index (κ1) is 15.8. The van der Waals surface area contributed by atoms with Crippen LogP contribution in [0.25, 0.3) is 10.8 Å². The molecule has 4 N–H and O–H groups in total. The van der Waals surface area contributed by atoms with E-state index in [-0.39, 0.29) is 5.56 Å². The summed E-state index contributed by atoms with van der Waals surface area (Å²) < 4.78 is 0. The number of carboxylic acid groups (broad SMARTS) is 1. The van der Waals surface area contributed by atoms with Gasteiger partial charge in [-0.15, -0.1) is 0 Å². The molecule has 5 heteroatoms. The molecule has 0 unspecified atom stereocenters. The molecule has 1 atom stereocenters. The fourth-order valence-corrected chi connectivity index (χ4v) is 2.31. The molecule has 22 heavy (non-hydrogen) atoms. The van der Waals surface area contributed by atoms with E-state index < -0.39 is 23.3 Å². The first-order chi connectivity index (χ1) is 10.2. The predicted octanol–water partition coefficient (Wildman–Crippen LogP) is 2.65. The number of aliphatic carboxylic acids is 1. The molecule has 0 aliphatic rings. The number of carbonyl (C=O) groups is 2. The number of nitrogen functional groups attached to an aromatic ring is 1. The maximum atomic E-state index is 12.4. The molecule has 0 heterocycles. The van der Waals surface area contributed by atoms with Crippen LogP contribution in [0.2, 0.25) is 0 Å². The van der Waals surface area contributed by atoms with Crippen LogP contribution >= 0.6 is 0 Å². The van der Waals surface area contributed by atoms with Crippen molar-refractivity contribution in [1.82, 2.24) is 5.32 Å². The minimum absolute atomic E-state index is 0.286. The van der Waals surface area contributed by atoms with Crippen molar-refractivity contribution in [2.75, 3.05) is 5.73 Å². The highest BCUT2D eigenvalue weighted by Crippen LogP contribution is 2.24. The summed E-state index contributed by atoms with van der Waals surface area (Å²) in [5, 5.41) is 13.7. The fourth-order valence-electron chi connectivity index (χ4n) is 2.31. The molecule has 0 aliphatic heterocycles. The number of hydrogen-bond acceptors (Lipinski definition) is 3. The van der Waals surface area contributed by atoms with Crippen molar-refractivity contribution in [2.24, 2.45) is 5.41 Å². The Bertz CT molecular complexity index is 732. The van der Waals surface area contributed by atoms with Gasteiger partial charge in [-0.25, -0.2) is 4.79 Å². The van der Waals surface area contributed by atoms with Gasteiger partial charge in [-0.2, -0.15) is 0 Å². The van der Waals surface area contributed by atoms with Crippen molar-refractivity contribution in [3.63, 3.8) is 0 Å². The molecule has 2 aromatic carbocycles. The Hall–Kier alpha value is -2.56. The molecular weight excluding hydrogens is 280 g/mol. The highest BCUT2D eigenvalue weighted by Gasteiger charge is 2.33. The van der Waals surface area contributed by atoms with Crippen LogP contribution < -0.4 is 11.1 Å². The van der Waals surface area contributed by atoms with Crippen LogP contribution in [0.5, 0.6) is 0 Å². The second-order valence-electron chi connectivity index (χ2n) is 6.40.